The van der Waals surface area contributed by atoms with Crippen LogP contribution >= 0.6 is 12.4 Å². The monoisotopic (exact) mass is 281 g/mol. The van der Waals surface area contributed by atoms with E-state index in [4.69, 9.17) is 9.26 Å². The van der Waals surface area contributed by atoms with E-state index in [2.05, 4.69) is 15.5 Å². The number of aromatic nitrogens is 2. The first-order valence-corrected chi connectivity index (χ1v) is 6.03. The summed E-state index contributed by atoms with van der Waals surface area (Å²) in [6, 6.07) is 7.66. The fourth-order valence-corrected chi connectivity index (χ4v) is 1.96. The molecule has 1 saturated heterocycles. The smallest absolute Gasteiger partial charge is 0.227 e. The number of benzene rings is 1. The van der Waals surface area contributed by atoms with Crippen molar-refractivity contribution in [2.45, 2.75) is 6.42 Å². The maximum absolute atomic E-state index is 5.27. The Kier molecular flexibility index (Phi) is 4.39. The third-order valence-electron chi connectivity index (χ3n) is 3.13. The number of methoxy groups -OCH3 is 1. The number of nitrogens with one attached hydrogen (secondary N) is 1. The van der Waals surface area contributed by atoms with Gasteiger partial charge in [0.15, 0.2) is 0 Å². The zero-order valence-electron chi connectivity index (χ0n) is 10.6. The zero-order chi connectivity index (χ0) is 12.4. The van der Waals surface area contributed by atoms with Crippen LogP contribution in [0.2, 0.25) is 0 Å². The molecule has 1 fully saturated rings. The van der Waals surface area contributed by atoms with Crippen LogP contribution in [0.25, 0.3) is 11.4 Å². The molecule has 5 nitrogen and oxygen atoms in total. The van der Waals surface area contributed by atoms with Gasteiger partial charge in [-0.3, -0.25) is 0 Å². The van der Waals surface area contributed by atoms with E-state index in [0.29, 0.717) is 17.6 Å². The van der Waals surface area contributed by atoms with Gasteiger partial charge in [0.25, 0.3) is 0 Å². The van der Waals surface area contributed by atoms with Gasteiger partial charge in [0.1, 0.15) is 5.75 Å². The van der Waals surface area contributed by atoms with Crippen molar-refractivity contribution >= 4 is 12.4 Å². The van der Waals surface area contributed by atoms with Crippen molar-refractivity contribution in [3.63, 3.8) is 0 Å². The molecule has 0 saturated carbocycles. The van der Waals surface area contributed by atoms with Crippen LogP contribution in [0.3, 0.4) is 0 Å². The Balaban J connectivity index is 0.00000133. The van der Waals surface area contributed by atoms with E-state index in [1.807, 2.05) is 24.3 Å². The average Bonchev–Trinajstić information content (AvgIpc) is 2.83. The molecular formula is C13H16ClN3O2. The second-order valence-electron chi connectivity index (χ2n) is 4.47. The normalized spacial score (nSPS) is 14.6. The first-order chi connectivity index (χ1) is 8.85. The summed E-state index contributed by atoms with van der Waals surface area (Å²) in [6.07, 6.45) is 0.851. The van der Waals surface area contributed by atoms with Gasteiger partial charge in [-0.2, -0.15) is 4.98 Å². The van der Waals surface area contributed by atoms with Crippen molar-refractivity contribution in [3.05, 3.63) is 30.2 Å². The van der Waals surface area contributed by atoms with Gasteiger partial charge >= 0.3 is 0 Å². The molecule has 0 unspecified atom stereocenters. The number of hydrogen-bond donors (Lipinski definition) is 1. The lowest BCUT2D eigenvalue weighted by molar-refractivity contribution is 0.296. The minimum absolute atomic E-state index is 0. The molecular weight excluding hydrogens is 266 g/mol. The second kappa shape index (κ2) is 6.04. The summed E-state index contributed by atoms with van der Waals surface area (Å²) in [5.41, 5.74) is 0.913. The molecule has 1 aromatic carbocycles. The Morgan fingerprint density at radius 1 is 1.42 bits per heavy atom. The topological polar surface area (TPSA) is 60.2 Å². The van der Waals surface area contributed by atoms with Crippen LogP contribution in [-0.2, 0) is 6.42 Å². The van der Waals surface area contributed by atoms with Crippen molar-refractivity contribution in [1.82, 2.24) is 15.5 Å². The van der Waals surface area contributed by atoms with Gasteiger partial charge in [-0.25, -0.2) is 0 Å². The van der Waals surface area contributed by atoms with Crippen LogP contribution in [0, 0.1) is 5.92 Å². The number of hydrogen-bond acceptors (Lipinski definition) is 5. The Morgan fingerprint density at radius 2 is 2.26 bits per heavy atom. The highest BCUT2D eigenvalue weighted by Gasteiger charge is 2.20. The first kappa shape index (κ1) is 13.8. The molecule has 0 bridgehead atoms. The maximum atomic E-state index is 5.27. The Hall–Kier alpha value is -1.59. The van der Waals surface area contributed by atoms with Crippen LogP contribution in [-0.4, -0.2) is 30.3 Å². The maximum Gasteiger partial charge on any atom is 0.227 e. The molecule has 1 aliphatic rings. The van der Waals surface area contributed by atoms with Gasteiger partial charge in [-0.05, 0) is 31.1 Å². The predicted molar refractivity (Wildman–Crippen MR) is 73.6 cm³/mol. The third kappa shape index (κ3) is 3.05. The highest BCUT2D eigenvalue weighted by molar-refractivity contribution is 5.85. The molecule has 1 N–H and O–H groups in total. The van der Waals surface area contributed by atoms with Crippen LogP contribution < -0.4 is 10.1 Å². The van der Waals surface area contributed by atoms with E-state index in [1.165, 1.54) is 0 Å². The summed E-state index contributed by atoms with van der Waals surface area (Å²) < 4.78 is 10.4. The third-order valence-corrected chi connectivity index (χ3v) is 3.13. The van der Waals surface area contributed by atoms with E-state index < -0.39 is 0 Å². The number of rotatable bonds is 4. The van der Waals surface area contributed by atoms with E-state index >= 15 is 0 Å². The van der Waals surface area contributed by atoms with Crippen molar-refractivity contribution < 1.29 is 9.26 Å². The Bertz CT molecular complexity index is 540. The molecule has 6 heteroatoms. The zero-order valence-corrected chi connectivity index (χ0v) is 11.4. The van der Waals surface area contributed by atoms with Crippen molar-refractivity contribution in [1.29, 1.82) is 0 Å². The van der Waals surface area contributed by atoms with Crippen molar-refractivity contribution in [2.75, 3.05) is 20.2 Å². The molecule has 0 spiro atoms. The van der Waals surface area contributed by atoms with E-state index in [9.17, 15) is 0 Å². The Morgan fingerprint density at radius 3 is 2.95 bits per heavy atom. The predicted octanol–water partition coefficient (Wildman–Crippen LogP) is 1.93. The number of nitrogens with zero attached hydrogens (tertiary/aromatic N) is 2. The molecule has 19 heavy (non-hydrogen) atoms. The van der Waals surface area contributed by atoms with E-state index in [0.717, 1.165) is 30.8 Å². The molecule has 2 aromatic rings. The standard InChI is InChI=1S/C13H15N3O2.ClH/c1-17-11-4-2-3-10(6-11)13-15-12(18-16-13)5-9-7-14-8-9;/h2-4,6,9,14H,5,7-8H2,1H3;1H. The van der Waals surface area contributed by atoms with Gasteiger partial charge in [0.2, 0.25) is 11.7 Å². The van der Waals surface area contributed by atoms with Gasteiger partial charge < -0.3 is 14.6 Å². The highest BCUT2D eigenvalue weighted by atomic mass is 35.5. The Labute approximate surface area is 117 Å². The molecule has 3 rings (SSSR count). The molecule has 0 atom stereocenters. The minimum Gasteiger partial charge on any atom is -0.497 e. The van der Waals surface area contributed by atoms with Crippen molar-refractivity contribution in [2.24, 2.45) is 5.92 Å². The molecule has 1 aliphatic heterocycles. The molecule has 102 valence electrons. The summed E-state index contributed by atoms with van der Waals surface area (Å²) >= 11 is 0. The molecule has 2 heterocycles. The van der Waals surface area contributed by atoms with Gasteiger partial charge in [-0.1, -0.05) is 17.3 Å². The number of ether oxygens (including phenoxy) is 1. The van der Waals surface area contributed by atoms with Crippen molar-refractivity contribution in [3.8, 4) is 17.1 Å². The lowest BCUT2D eigenvalue weighted by Crippen LogP contribution is -2.43. The van der Waals surface area contributed by atoms with Crippen LogP contribution in [0.4, 0.5) is 0 Å². The van der Waals surface area contributed by atoms with Gasteiger partial charge in [0.05, 0.1) is 7.11 Å². The fourth-order valence-electron chi connectivity index (χ4n) is 1.96. The largest absolute Gasteiger partial charge is 0.497 e. The number of halogens is 1. The van der Waals surface area contributed by atoms with Gasteiger partial charge in [-0.15, -0.1) is 12.4 Å². The summed E-state index contributed by atoms with van der Waals surface area (Å²) in [5.74, 6) is 2.75. The molecule has 0 aliphatic carbocycles. The van der Waals surface area contributed by atoms with Gasteiger partial charge in [0, 0.05) is 12.0 Å². The summed E-state index contributed by atoms with van der Waals surface area (Å²) in [5, 5.41) is 7.24. The van der Waals surface area contributed by atoms with Crippen LogP contribution in [0.15, 0.2) is 28.8 Å². The van der Waals surface area contributed by atoms with Crippen LogP contribution in [0.5, 0.6) is 5.75 Å². The summed E-state index contributed by atoms with van der Waals surface area (Å²) in [7, 11) is 1.64. The quantitative estimate of drug-likeness (QED) is 0.928. The molecule has 0 radical (unpaired) electrons. The lowest BCUT2D eigenvalue weighted by atomic mass is 10.00. The first-order valence-electron chi connectivity index (χ1n) is 6.03. The van der Waals surface area contributed by atoms with E-state index in [-0.39, 0.29) is 12.4 Å². The SMILES string of the molecule is COc1cccc(-c2noc(CC3CNC3)n2)c1.Cl. The van der Waals surface area contributed by atoms with E-state index in [1.54, 1.807) is 7.11 Å². The molecule has 0 amide bonds. The minimum atomic E-state index is 0. The second-order valence-corrected chi connectivity index (χ2v) is 4.47. The average molecular weight is 282 g/mol. The molecule has 1 aromatic heterocycles. The highest BCUT2D eigenvalue weighted by Crippen LogP contribution is 2.22. The van der Waals surface area contributed by atoms with Crippen LogP contribution in [0.1, 0.15) is 5.89 Å². The summed E-state index contributed by atoms with van der Waals surface area (Å²) in [4.78, 5) is 4.42. The lowest BCUT2D eigenvalue weighted by Gasteiger charge is -2.25. The summed E-state index contributed by atoms with van der Waals surface area (Å²) in [6.45, 7) is 2.08. The fraction of sp³-hybridized carbons (Fsp3) is 0.385.